The average molecular weight is 238 g/mol. The quantitative estimate of drug-likeness (QED) is 0.227. The molecule has 9 heteroatoms. The molecule has 15 heavy (non-hydrogen) atoms. The first-order chi connectivity index (χ1) is 6.76. The van der Waals surface area contributed by atoms with Gasteiger partial charge in [0.05, 0.1) is 0 Å². The van der Waals surface area contributed by atoms with E-state index in [0.29, 0.717) is 6.08 Å². The van der Waals surface area contributed by atoms with Crippen LogP contribution in [0.4, 0.5) is 0 Å². The van der Waals surface area contributed by atoms with Crippen molar-refractivity contribution in [3.63, 3.8) is 0 Å². The van der Waals surface area contributed by atoms with Crippen LogP contribution in [0.2, 0.25) is 0 Å². The van der Waals surface area contributed by atoms with Gasteiger partial charge in [0.1, 0.15) is 0 Å². The van der Waals surface area contributed by atoms with Crippen molar-refractivity contribution in [1.82, 2.24) is 0 Å². The van der Waals surface area contributed by atoms with Crippen LogP contribution in [0, 0.1) is 0 Å². The van der Waals surface area contributed by atoms with Crippen LogP contribution in [0.25, 0.3) is 0 Å². The van der Waals surface area contributed by atoms with E-state index >= 15 is 0 Å². The van der Waals surface area contributed by atoms with E-state index < -0.39 is 25.5 Å². The van der Waals surface area contributed by atoms with Gasteiger partial charge in [0.2, 0.25) is 5.76 Å². The maximum atomic E-state index is 10.7. The first kappa shape index (κ1) is 13.4. The first-order valence-electron chi connectivity index (χ1n) is 3.25. The molecule has 0 aromatic heterocycles. The smallest absolute Gasteiger partial charge is 0.397 e. The Labute approximate surface area is 83.9 Å². The maximum Gasteiger partial charge on any atom is 0.525 e. The van der Waals surface area contributed by atoms with E-state index in [9.17, 15) is 14.2 Å². The van der Waals surface area contributed by atoms with Crippen LogP contribution in [0.15, 0.2) is 25.0 Å². The summed E-state index contributed by atoms with van der Waals surface area (Å²) in [7, 11) is -4.89. The Balaban J connectivity index is 4.12. The third-order valence-electron chi connectivity index (χ3n) is 0.823. The van der Waals surface area contributed by atoms with Gasteiger partial charge < -0.3 is 4.52 Å². The highest BCUT2D eigenvalue weighted by Crippen LogP contribution is 2.38. The Bertz CT molecular complexity index is 339. The normalized spacial score (nSPS) is 10.0. The van der Waals surface area contributed by atoms with E-state index in [2.05, 4.69) is 27.5 Å². The number of phosphoric ester groups is 1. The number of carbonyl (C=O) groups excluding carboxylic acids is 2. The fourth-order valence-corrected chi connectivity index (χ4v) is 0.702. The molecule has 0 rings (SSSR count). The summed E-state index contributed by atoms with van der Waals surface area (Å²) in [5.41, 5.74) is 0. The number of phosphoric acid groups is 1. The van der Waals surface area contributed by atoms with Crippen LogP contribution < -0.4 is 0 Å². The molecule has 0 saturated heterocycles. The number of carbonyl (C=O) groups is 2. The molecule has 0 fully saturated rings. The van der Waals surface area contributed by atoms with E-state index in [1.54, 1.807) is 0 Å². The molecule has 0 heterocycles. The third kappa shape index (κ3) is 6.44. The highest BCUT2D eigenvalue weighted by Gasteiger charge is 2.23. The summed E-state index contributed by atoms with van der Waals surface area (Å²) >= 11 is 0. The van der Waals surface area contributed by atoms with Crippen LogP contribution in [0.1, 0.15) is 0 Å². The summed E-state index contributed by atoms with van der Waals surface area (Å²) in [5, 5.41) is 0. The van der Waals surface area contributed by atoms with Gasteiger partial charge in [0.15, 0.2) is 0 Å². The van der Waals surface area contributed by atoms with E-state index in [1.807, 2.05) is 0 Å². The van der Waals surface area contributed by atoms with Gasteiger partial charge in [-0.1, -0.05) is 6.58 Å². The Morgan fingerprint density at radius 1 is 1.27 bits per heavy atom. The summed E-state index contributed by atoms with van der Waals surface area (Å²) < 4.78 is 14.0. The Hall–Kier alpha value is -1.63. The molecule has 0 atom stereocenters. The van der Waals surface area contributed by atoms with Crippen LogP contribution in [0.3, 0.4) is 0 Å². The molecule has 0 aromatic carbocycles. The fraction of sp³-hybridized carbons (Fsp3) is 0. The third-order valence-corrected chi connectivity index (χ3v) is 1.28. The lowest BCUT2D eigenvalue weighted by Crippen LogP contribution is -2.12. The summed E-state index contributed by atoms with van der Waals surface area (Å²) in [6.45, 7) is 5.84. The molecule has 0 aliphatic carbocycles. The highest BCUT2D eigenvalue weighted by atomic mass is 31.2. The van der Waals surface area contributed by atoms with Crippen LogP contribution in [0.5, 0.6) is 0 Å². The zero-order valence-corrected chi connectivity index (χ0v) is 8.18. The molecule has 0 unspecified atom stereocenters. The van der Waals surface area contributed by atoms with E-state index in [-0.39, 0.29) is 0 Å². The minimum Gasteiger partial charge on any atom is -0.397 e. The minimum atomic E-state index is -4.89. The second-order valence-electron chi connectivity index (χ2n) is 1.98. The Kier molecular flexibility index (Phi) is 4.72. The Morgan fingerprint density at radius 3 is 2.20 bits per heavy atom. The second kappa shape index (κ2) is 5.30. The molecule has 0 bridgehead atoms. The molecule has 0 saturated carbocycles. The monoisotopic (exact) mass is 238 g/mol. The summed E-state index contributed by atoms with van der Waals surface area (Å²) in [6, 6.07) is 0. The van der Waals surface area contributed by atoms with E-state index in [4.69, 9.17) is 9.79 Å². The number of rotatable bonds is 4. The fourth-order valence-electron chi connectivity index (χ4n) is 0.340. The standard InChI is InChI=1S/C6H7O8P/c1-3-5(7)12-13-6(8)4(2)14-15(9,10)11/h3H,1-2H2,(H2,9,10,11). The van der Waals surface area contributed by atoms with Crippen molar-refractivity contribution >= 4 is 19.8 Å². The maximum absolute atomic E-state index is 10.7. The summed E-state index contributed by atoms with van der Waals surface area (Å²) in [5.74, 6) is -3.51. The lowest BCUT2D eigenvalue weighted by Gasteiger charge is -2.06. The largest absolute Gasteiger partial charge is 0.525 e. The average Bonchev–Trinajstić information content (AvgIpc) is 2.10. The lowest BCUT2D eigenvalue weighted by molar-refractivity contribution is -0.253. The zero-order valence-electron chi connectivity index (χ0n) is 7.28. The van der Waals surface area contributed by atoms with Gasteiger partial charge in [-0.15, -0.1) is 0 Å². The lowest BCUT2D eigenvalue weighted by atomic mass is 10.6. The molecule has 0 aromatic rings. The topological polar surface area (TPSA) is 119 Å². The van der Waals surface area contributed by atoms with Crippen LogP contribution in [-0.2, 0) is 28.5 Å². The van der Waals surface area contributed by atoms with E-state index in [0.717, 1.165) is 0 Å². The van der Waals surface area contributed by atoms with Gasteiger partial charge in [0, 0.05) is 6.08 Å². The summed E-state index contributed by atoms with van der Waals surface area (Å²) in [6.07, 6.45) is 0.708. The molecular weight excluding hydrogens is 231 g/mol. The zero-order chi connectivity index (χ0) is 12.1. The number of hydrogen-bond acceptors (Lipinski definition) is 6. The van der Waals surface area contributed by atoms with Crippen molar-refractivity contribution in [2.24, 2.45) is 0 Å². The van der Waals surface area contributed by atoms with Gasteiger partial charge >= 0.3 is 19.8 Å². The van der Waals surface area contributed by atoms with Crippen LogP contribution in [-0.4, -0.2) is 21.7 Å². The SMILES string of the molecule is C=CC(=O)OOC(=O)C(=C)OP(=O)(O)O. The predicted octanol–water partition coefficient (Wildman–Crippen LogP) is -0.203. The van der Waals surface area contributed by atoms with Gasteiger partial charge in [-0.05, 0) is 6.58 Å². The van der Waals surface area contributed by atoms with Crippen molar-refractivity contribution in [1.29, 1.82) is 0 Å². The molecule has 8 nitrogen and oxygen atoms in total. The summed E-state index contributed by atoms with van der Waals surface area (Å²) in [4.78, 5) is 45.2. The molecule has 0 spiro atoms. The molecule has 0 aliphatic rings. The van der Waals surface area contributed by atoms with Crippen molar-refractivity contribution in [3.8, 4) is 0 Å². The molecule has 2 N–H and O–H groups in total. The number of hydrogen-bond donors (Lipinski definition) is 2. The predicted molar refractivity (Wildman–Crippen MR) is 44.7 cm³/mol. The van der Waals surface area contributed by atoms with Gasteiger partial charge in [-0.2, -0.15) is 0 Å². The van der Waals surface area contributed by atoms with Gasteiger partial charge in [-0.3, -0.25) is 9.79 Å². The molecule has 0 aliphatic heterocycles. The van der Waals surface area contributed by atoms with Crippen molar-refractivity contribution in [2.45, 2.75) is 0 Å². The van der Waals surface area contributed by atoms with Crippen LogP contribution >= 0.6 is 7.82 Å². The van der Waals surface area contributed by atoms with Crippen molar-refractivity contribution < 1.29 is 38.2 Å². The molecule has 84 valence electrons. The minimum absolute atomic E-state index is 0.708. The molecular formula is C6H7O8P. The van der Waals surface area contributed by atoms with Gasteiger partial charge in [-0.25, -0.2) is 23.9 Å². The molecule has 0 amide bonds. The Morgan fingerprint density at radius 2 is 1.80 bits per heavy atom. The van der Waals surface area contributed by atoms with Gasteiger partial charge in [0.25, 0.3) is 0 Å². The highest BCUT2D eigenvalue weighted by molar-refractivity contribution is 7.46. The van der Waals surface area contributed by atoms with Crippen molar-refractivity contribution in [2.75, 3.05) is 0 Å². The second-order valence-corrected chi connectivity index (χ2v) is 3.15. The first-order valence-corrected chi connectivity index (χ1v) is 4.78. The van der Waals surface area contributed by atoms with Crippen molar-refractivity contribution in [3.05, 3.63) is 25.0 Å². The van der Waals surface area contributed by atoms with E-state index in [1.165, 1.54) is 0 Å². The molecule has 0 radical (unpaired) electrons.